The molecule has 0 aliphatic carbocycles. The molecule has 11 heteroatoms. The first-order chi connectivity index (χ1) is 21.1. The quantitative estimate of drug-likeness (QED) is 0.454. The van der Waals surface area contributed by atoms with Crippen LogP contribution >= 0.6 is 0 Å². The number of rotatable bonds is 6. The summed E-state index contributed by atoms with van der Waals surface area (Å²) in [5.41, 5.74) is 1.58. The van der Waals surface area contributed by atoms with Crippen LogP contribution in [0, 0.1) is 11.6 Å². The van der Waals surface area contributed by atoms with Crippen LogP contribution in [0.4, 0.5) is 19.3 Å². The first kappa shape index (κ1) is 32.8. The SMILES string of the molecule is C[C@@H]1CN(CC(=O)N2CC(C)(C)c3cnc(Cc4ccc(F)cc4F)cc32)[C@@H](CN2CCCCC2=O)CN1C(=O)OC(C)(C)C. The monoisotopic (exact) mass is 625 g/mol. The molecule has 5 rings (SSSR count). The van der Waals surface area contributed by atoms with E-state index in [9.17, 15) is 23.2 Å². The summed E-state index contributed by atoms with van der Waals surface area (Å²) in [6.45, 7) is 14.0. The second-order valence-electron chi connectivity index (χ2n) is 14.3. The van der Waals surface area contributed by atoms with Crippen LogP contribution in [0.1, 0.15) is 77.6 Å². The van der Waals surface area contributed by atoms with Crippen molar-refractivity contribution in [2.24, 2.45) is 0 Å². The first-order valence-corrected chi connectivity index (χ1v) is 15.9. The van der Waals surface area contributed by atoms with E-state index in [1.165, 1.54) is 12.1 Å². The van der Waals surface area contributed by atoms with E-state index in [-0.39, 0.29) is 42.3 Å². The van der Waals surface area contributed by atoms with Crippen molar-refractivity contribution in [3.05, 3.63) is 58.9 Å². The van der Waals surface area contributed by atoms with Gasteiger partial charge >= 0.3 is 6.09 Å². The molecule has 1 aromatic carbocycles. The highest BCUT2D eigenvalue weighted by Crippen LogP contribution is 2.41. The Morgan fingerprint density at radius 2 is 1.87 bits per heavy atom. The number of piperidine rings is 1. The number of piperazine rings is 1. The van der Waals surface area contributed by atoms with Gasteiger partial charge in [0.05, 0.1) is 12.2 Å². The lowest BCUT2D eigenvalue weighted by Gasteiger charge is -2.47. The number of hydrogen-bond donors (Lipinski definition) is 0. The number of benzene rings is 1. The summed E-state index contributed by atoms with van der Waals surface area (Å²) in [4.78, 5) is 52.0. The van der Waals surface area contributed by atoms with Crippen molar-refractivity contribution < 1.29 is 27.9 Å². The third kappa shape index (κ3) is 7.45. The van der Waals surface area contributed by atoms with Crippen molar-refractivity contribution in [2.45, 2.75) is 90.3 Å². The van der Waals surface area contributed by atoms with Gasteiger partial charge < -0.3 is 19.4 Å². The van der Waals surface area contributed by atoms with E-state index in [1.54, 1.807) is 16.0 Å². The highest BCUT2D eigenvalue weighted by atomic mass is 19.1. The standard InChI is InChI=1S/C34H45F2N5O4/c1-22-17-39(26(18-38-12-8-7-9-30(38)42)19-40(22)32(44)45-33(2,3)4)20-31(43)41-21-34(5,6)27-16-37-25(15-29(27)41)13-23-10-11-24(35)14-28(23)36/h10-11,14-16,22,26H,7-9,12-13,17-21H2,1-6H3/t22-,26+/m1/s1. The fourth-order valence-corrected chi connectivity index (χ4v) is 6.60. The molecular weight excluding hydrogens is 580 g/mol. The topological polar surface area (TPSA) is 86.3 Å². The molecule has 9 nitrogen and oxygen atoms in total. The molecule has 2 saturated heterocycles. The van der Waals surface area contributed by atoms with Crippen LogP contribution in [0.2, 0.25) is 0 Å². The molecule has 3 amide bonds. The number of hydrogen-bond acceptors (Lipinski definition) is 6. The Kier molecular flexibility index (Phi) is 9.22. The van der Waals surface area contributed by atoms with Gasteiger partial charge in [-0.15, -0.1) is 0 Å². The average Bonchev–Trinajstić information content (AvgIpc) is 3.21. The molecule has 3 aliphatic heterocycles. The molecular formula is C34H45F2N5O4. The van der Waals surface area contributed by atoms with Crippen molar-refractivity contribution in [3.8, 4) is 0 Å². The Hall–Kier alpha value is -3.60. The van der Waals surface area contributed by atoms with Gasteiger partial charge in [-0.2, -0.15) is 0 Å². The zero-order valence-electron chi connectivity index (χ0n) is 27.2. The lowest BCUT2D eigenvalue weighted by atomic mass is 9.88. The lowest BCUT2D eigenvalue weighted by molar-refractivity contribution is -0.134. The molecule has 0 bridgehead atoms. The van der Waals surface area contributed by atoms with Crippen molar-refractivity contribution >= 4 is 23.6 Å². The minimum atomic E-state index is -0.644. The number of likely N-dealkylation sites (tertiary alicyclic amines) is 1. The number of aromatic nitrogens is 1. The minimum Gasteiger partial charge on any atom is -0.444 e. The van der Waals surface area contributed by atoms with Crippen molar-refractivity contribution in [2.75, 3.05) is 44.2 Å². The van der Waals surface area contributed by atoms with Gasteiger partial charge in [0.1, 0.15) is 17.2 Å². The van der Waals surface area contributed by atoms with Crippen LogP contribution in [-0.2, 0) is 26.2 Å². The summed E-state index contributed by atoms with van der Waals surface area (Å²) < 4.78 is 33.6. The lowest BCUT2D eigenvalue weighted by Crippen LogP contribution is -2.64. The second kappa shape index (κ2) is 12.7. The number of carbonyl (C=O) groups is 3. The maximum atomic E-state index is 14.4. The molecule has 0 N–H and O–H groups in total. The Morgan fingerprint density at radius 3 is 2.56 bits per heavy atom. The van der Waals surface area contributed by atoms with Gasteiger partial charge in [-0.25, -0.2) is 13.6 Å². The molecule has 45 heavy (non-hydrogen) atoms. The number of nitrogens with zero attached hydrogens (tertiary/aromatic N) is 5. The number of amides is 3. The smallest absolute Gasteiger partial charge is 0.410 e. The number of fused-ring (bicyclic) bond motifs is 1. The zero-order valence-corrected chi connectivity index (χ0v) is 27.2. The molecule has 2 fully saturated rings. The number of anilines is 1. The Labute approximate surface area is 264 Å². The molecule has 0 spiro atoms. The largest absolute Gasteiger partial charge is 0.444 e. The summed E-state index contributed by atoms with van der Waals surface area (Å²) in [5.74, 6) is -1.27. The molecule has 0 unspecified atom stereocenters. The van der Waals surface area contributed by atoms with Crippen LogP contribution in [0.5, 0.6) is 0 Å². The van der Waals surface area contributed by atoms with Gasteiger partial charge in [0, 0.05) is 86.6 Å². The van der Waals surface area contributed by atoms with Crippen molar-refractivity contribution in [3.63, 3.8) is 0 Å². The maximum absolute atomic E-state index is 14.4. The second-order valence-corrected chi connectivity index (χ2v) is 14.3. The summed E-state index contributed by atoms with van der Waals surface area (Å²) in [7, 11) is 0. The van der Waals surface area contributed by atoms with Gasteiger partial charge in [0.2, 0.25) is 11.8 Å². The normalized spacial score (nSPS) is 22.0. The van der Waals surface area contributed by atoms with Gasteiger partial charge in [-0.3, -0.25) is 19.5 Å². The molecule has 1 aromatic heterocycles. The average molecular weight is 626 g/mol. The van der Waals surface area contributed by atoms with Gasteiger partial charge in [0.15, 0.2) is 0 Å². The molecule has 4 heterocycles. The van der Waals surface area contributed by atoms with Crippen LogP contribution in [0.3, 0.4) is 0 Å². The summed E-state index contributed by atoms with van der Waals surface area (Å²) in [5, 5.41) is 0. The minimum absolute atomic E-state index is 0.0974. The summed E-state index contributed by atoms with van der Waals surface area (Å²) in [6.07, 6.45) is 3.84. The van der Waals surface area contributed by atoms with Crippen molar-refractivity contribution in [1.82, 2.24) is 19.7 Å². The highest BCUT2D eigenvalue weighted by Gasteiger charge is 2.42. The maximum Gasteiger partial charge on any atom is 0.410 e. The predicted molar refractivity (Wildman–Crippen MR) is 167 cm³/mol. The van der Waals surface area contributed by atoms with Crippen LogP contribution < -0.4 is 4.90 Å². The number of halogens is 2. The fourth-order valence-electron chi connectivity index (χ4n) is 6.60. The first-order valence-electron chi connectivity index (χ1n) is 15.9. The molecule has 3 aliphatic rings. The van der Waals surface area contributed by atoms with Gasteiger partial charge in [0.25, 0.3) is 0 Å². The van der Waals surface area contributed by atoms with Gasteiger partial charge in [-0.05, 0) is 58.2 Å². The van der Waals surface area contributed by atoms with E-state index in [0.717, 1.165) is 30.2 Å². The summed E-state index contributed by atoms with van der Waals surface area (Å²) >= 11 is 0. The third-order valence-electron chi connectivity index (χ3n) is 8.97. The van der Waals surface area contributed by atoms with Crippen LogP contribution in [0.15, 0.2) is 30.5 Å². The van der Waals surface area contributed by atoms with E-state index in [0.29, 0.717) is 50.4 Å². The number of ether oxygens (including phenoxy) is 1. The Morgan fingerprint density at radius 1 is 1.11 bits per heavy atom. The molecule has 0 saturated carbocycles. The van der Waals surface area contributed by atoms with Crippen molar-refractivity contribution in [1.29, 1.82) is 0 Å². The number of pyridine rings is 1. The molecule has 2 atom stereocenters. The Balaban J connectivity index is 1.37. The summed E-state index contributed by atoms with van der Waals surface area (Å²) in [6, 6.07) is 4.88. The molecule has 244 valence electrons. The van der Waals surface area contributed by atoms with E-state index in [4.69, 9.17) is 4.74 Å². The Bertz CT molecular complexity index is 1460. The van der Waals surface area contributed by atoms with E-state index < -0.39 is 23.3 Å². The van der Waals surface area contributed by atoms with Gasteiger partial charge in [-0.1, -0.05) is 19.9 Å². The van der Waals surface area contributed by atoms with E-state index in [2.05, 4.69) is 23.7 Å². The van der Waals surface area contributed by atoms with Crippen LogP contribution in [0.25, 0.3) is 0 Å². The predicted octanol–water partition coefficient (Wildman–Crippen LogP) is 4.90. The van der Waals surface area contributed by atoms with E-state index in [1.807, 2.05) is 38.7 Å². The van der Waals surface area contributed by atoms with E-state index >= 15 is 0 Å². The molecule has 2 aromatic rings. The molecule has 0 radical (unpaired) electrons. The third-order valence-corrected chi connectivity index (χ3v) is 8.97. The zero-order chi connectivity index (χ0) is 32.7. The van der Waals surface area contributed by atoms with Crippen LogP contribution in [-0.4, -0.2) is 94.5 Å². The fraction of sp³-hybridized carbons (Fsp3) is 0.588. The highest BCUT2D eigenvalue weighted by molar-refractivity contribution is 5.97. The number of carbonyl (C=O) groups excluding carboxylic acids is 3.